The van der Waals surface area contributed by atoms with Crippen LogP contribution in [-0.4, -0.2) is 28.2 Å². The van der Waals surface area contributed by atoms with Crippen LogP contribution in [0.25, 0.3) is 0 Å². The third-order valence-electron chi connectivity index (χ3n) is 4.33. The number of unbranched alkanes of at least 4 members (excludes halogenated alkanes) is 6. The molecule has 0 spiro atoms. The molecule has 144 valence electrons. The maximum absolute atomic E-state index is 11.1. The highest BCUT2D eigenvalue weighted by Crippen LogP contribution is 2.14. The Morgan fingerprint density at radius 2 is 1.28 bits per heavy atom. The third kappa shape index (κ3) is 13.2. The summed E-state index contributed by atoms with van der Waals surface area (Å²) in [6, 6.07) is -1.24. The van der Waals surface area contributed by atoms with Crippen LogP contribution in [0.2, 0.25) is 0 Å². The second kappa shape index (κ2) is 15.7. The van der Waals surface area contributed by atoms with Crippen LogP contribution in [-0.2, 0) is 4.79 Å². The maximum atomic E-state index is 11.1. The van der Waals surface area contributed by atoms with Crippen molar-refractivity contribution in [2.24, 2.45) is 0 Å². The van der Waals surface area contributed by atoms with Crippen molar-refractivity contribution in [3.63, 3.8) is 0 Å². The van der Waals surface area contributed by atoms with Gasteiger partial charge < -0.3 is 4.79 Å². The fourth-order valence-corrected chi connectivity index (χ4v) is 2.72. The van der Waals surface area contributed by atoms with Gasteiger partial charge in [0.25, 0.3) is 0 Å². The highest BCUT2D eigenvalue weighted by Gasteiger charge is 2.19. The molecule has 0 N–H and O–H groups in total. The van der Waals surface area contributed by atoms with Gasteiger partial charge in [0.15, 0.2) is 0 Å². The summed E-state index contributed by atoms with van der Waals surface area (Å²) in [6.45, 7) is 2.10. The summed E-state index contributed by atoms with van der Waals surface area (Å²) in [5, 5.41) is 22.1. The van der Waals surface area contributed by atoms with Crippen LogP contribution in [0.1, 0.15) is 84.0 Å². The van der Waals surface area contributed by atoms with E-state index in [-0.39, 0.29) is 9.85 Å². The minimum Gasteiger partial charge on any atom is -0.303 e. The summed E-state index contributed by atoms with van der Waals surface area (Å²) in [4.78, 5) is 31.8. The van der Waals surface area contributed by atoms with Crippen molar-refractivity contribution in [2.75, 3.05) is 0 Å². The molecule has 2 unspecified atom stereocenters. The molecule has 0 aliphatic heterocycles. The monoisotopic (exact) mass is 356 g/mol. The topological polar surface area (TPSA) is 103 Å². The number of carbonyl (C=O) groups excluding carboxylic acids is 1. The molecule has 0 rings (SSSR count). The smallest absolute Gasteiger partial charge is 0.216 e. The Balaban J connectivity index is 4.16. The minimum atomic E-state index is -0.647. The van der Waals surface area contributed by atoms with E-state index in [0.717, 1.165) is 51.2 Å². The fraction of sp³-hybridized carbons (Fsp3) is 0.833. The maximum Gasteiger partial charge on any atom is 0.216 e. The summed E-state index contributed by atoms with van der Waals surface area (Å²) in [7, 11) is 0. The molecule has 0 radical (unpaired) electrons. The number of rotatable bonds is 17. The first kappa shape index (κ1) is 23.2. The van der Waals surface area contributed by atoms with Gasteiger partial charge in [-0.2, -0.15) is 0 Å². The van der Waals surface area contributed by atoms with Crippen molar-refractivity contribution in [1.29, 1.82) is 0 Å². The van der Waals surface area contributed by atoms with E-state index in [9.17, 15) is 25.0 Å². The normalized spacial score (nSPS) is 13.6. The van der Waals surface area contributed by atoms with Crippen molar-refractivity contribution in [3.05, 3.63) is 32.4 Å². The molecule has 0 aromatic rings. The predicted octanol–water partition coefficient (Wildman–Crippen LogP) is 4.73. The van der Waals surface area contributed by atoms with Gasteiger partial charge in [-0.25, -0.2) is 0 Å². The Labute approximate surface area is 150 Å². The molecule has 0 aromatic heterocycles. The van der Waals surface area contributed by atoms with Gasteiger partial charge in [-0.05, 0) is 19.3 Å². The van der Waals surface area contributed by atoms with E-state index < -0.39 is 12.1 Å². The number of nitro groups is 2. The first-order valence-corrected chi connectivity index (χ1v) is 9.38. The Morgan fingerprint density at radius 3 is 1.68 bits per heavy atom. The minimum absolute atomic E-state index is 0.242. The van der Waals surface area contributed by atoms with Gasteiger partial charge in [-0.1, -0.05) is 44.8 Å². The van der Waals surface area contributed by atoms with Gasteiger partial charge in [0.1, 0.15) is 6.29 Å². The summed E-state index contributed by atoms with van der Waals surface area (Å²) in [5.41, 5.74) is 0. The fourth-order valence-electron chi connectivity index (χ4n) is 2.72. The van der Waals surface area contributed by atoms with Crippen LogP contribution < -0.4 is 0 Å². The summed E-state index contributed by atoms with van der Waals surface area (Å²) >= 11 is 0. The molecular weight excluding hydrogens is 324 g/mol. The first-order chi connectivity index (χ1) is 12.0. The second-order valence-electron chi connectivity index (χ2n) is 6.48. The highest BCUT2D eigenvalue weighted by atomic mass is 16.6. The quantitative estimate of drug-likeness (QED) is 0.123. The molecule has 7 heteroatoms. The second-order valence-corrected chi connectivity index (χ2v) is 6.48. The molecule has 0 fully saturated rings. The zero-order chi connectivity index (χ0) is 18.9. The van der Waals surface area contributed by atoms with E-state index in [0.29, 0.717) is 32.1 Å². The standard InChI is InChI=1S/C18H32N2O5/c1-2-3-4-7-12-17(19(22)23)14-9-10-15-18(20(24)25)13-8-5-6-11-16-21/h9-10,16-18H,2-8,11-15H2,1H3. The van der Waals surface area contributed by atoms with Gasteiger partial charge >= 0.3 is 0 Å². The molecular formula is C18H32N2O5. The van der Waals surface area contributed by atoms with Crippen molar-refractivity contribution in [2.45, 2.75) is 96.1 Å². The number of nitrogens with zero attached hydrogens (tertiary/aromatic N) is 2. The molecule has 0 heterocycles. The van der Waals surface area contributed by atoms with Gasteiger partial charge in [0.2, 0.25) is 12.1 Å². The average Bonchev–Trinajstić information content (AvgIpc) is 2.57. The van der Waals surface area contributed by atoms with E-state index in [1.807, 2.05) is 0 Å². The molecule has 7 nitrogen and oxygen atoms in total. The molecule has 0 amide bonds. The van der Waals surface area contributed by atoms with Crippen LogP contribution in [0.5, 0.6) is 0 Å². The van der Waals surface area contributed by atoms with Crippen molar-refractivity contribution < 1.29 is 14.6 Å². The van der Waals surface area contributed by atoms with Crippen LogP contribution in [0.15, 0.2) is 12.2 Å². The summed E-state index contributed by atoms with van der Waals surface area (Å²) in [5.74, 6) is 0. The van der Waals surface area contributed by atoms with E-state index in [4.69, 9.17) is 0 Å². The van der Waals surface area contributed by atoms with Crippen molar-refractivity contribution in [3.8, 4) is 0 Å². The summed E-state index contributed by atoms with van der Waals surface area (Å²) < 4.78 is 0. The Kier molecular flexibility index (Phi) is 14.6. The lowest BCUT2D eigenvalue weighted by Crippen LogP contribution is -2.19. The van der Waals surface area contributed by atoms with Crippen LogP contribution in [0.3, 0.4) is 0 Å². The summed E-state index contributed by atoms with van der Waals surface area (Å²) in [6.07, 6.45) is 12.8. The van der Waals surface area contributed by atoms with Crippen LogP contribution in [0, 0.1) is 20.2 Å². The molecule has 0 saturated carbocycles. The zero-order valence-corrected chi connectivity index (χ0v) is 15.3. The predicted molar refractivity (Wildman–Crippen MR) is 97.8 cm³/mol. The van der Waals surface area contributed by atoms with E-state index in [1.54, 1.807) is 12.2 Å². The number of carbonyl (C=O) groups is 1. The molecule has 25 heavy (non-hydrogen) atoms. The lowest BCUT2D eigenvalue weighted by molar-refractivity contribution is -0.523. The van der Waals surface area contributed by atoms with E-state index >= 15 is 0 Å². The lowest BCUT2D eigenvalue weighted by Gasteiger charge is -2.08. The molecule has 0 aliphatic carbocycles. The van der Waals surface area contributed by atoms with Crippen LogP contribution in [0.4, 0.5) is 0 Å². The van der Waals surface area contributed by atoms with E-state index in [2.05, 4.69) is 6.92 Å². The molecule has 0 saturated heterocycles. The lowest BCUT2D eigenvalue weighted by atomic mass is 10.0. The highest BCUT2D eigenvalue weighted by molar-refractivity contribution is 5.48. The average molecular weight is 356 g/mol. The van der Waals surface area contributed by atoms with Gasteiger partial charge in [-0.15, -0.1) is 0 Å². The Bertz CT molecular complexity index is 412. The third-order valence-corrected chi connectivity index (χ3v) is 4.33. The van der Waals surface area contributed by atoms with Crippen molar-refractivity contribution >= 4 is 6.29 Å². The number of aldehydes is 1. The zero-order valence-electron chi connectivity index (χ0n) is 15.3. The van der Waals surface area contributed by atoms with Gasteiger partial charge in [-0.3, -0.25) is 20.2 Å². The van der Waals surface area contributed by atoms with E-state index in [1.165, 1.54) is 0 Å². The first-order valence-electron chi connectivity index (χ1n) is 9.38. The molecule has 0 aliphatic rings. The van der Waals surface area contributed by atoms with Gasteiger partial charge in [0.05, 0.1) is 0 Å². The molecule has 0 bridgehead atoms. The largest absolute Gasteiger partial charge is 0.303 e. The number of hydrogen-bond donors (Lipinski definition) is 0. The van der Waals surface area contributed by atoms with Crippen LogP contribution >= 0.6 is 0 Å². The Hall–Kier alpha value is -1.79. The Morgan fingerprint density at radius 1 is 0.800 bits per heavy atom. The molecule has 0 aromatic carbocycles. The number of hydrogen-bond acceptors (Lipinski definition) is 5. The SMILES string of the molecule is CCCCCCC(CC=CCC(CCCCCC=O)[N+](=O)[O-])[N+](=O)[O-]. The molecule has 2 atom stereocenters. The van der Waals surface area contributed by atoms with Gasteiger partial charge in [0, 0.05) is 42.0 Å². The van der Waals surface area contributed by atoms with Crippen molar-refractivity contribution in [1.82, 2.24) is 0 Å².